The van der Waals surface area contributed by atoms with Crippen LogP contribution in [0.2, 0.25) is 0 Å². The summed E-state index contributed by atoms with van der Waals surface area (Å²) in [7, 11) is 0. The number of rotatable bonds is 1. The van der Waals surface area contributed by atoms with E-state index < -0.39 is 29.8 Å². The molecule has 1 N–H and O–H groups in total. The van der Waals surface area contributed by atoms with Crippen LogP contribution >= 0.6 is 0 Å². The molecule has 0 aromatic heterocycles. The summed E-state index contributed by atoms with van der Waals surface area (Å²) >= 11 is 0. The molecule has 1 aliphatic carbocycles. The minimum atomic E-state index is -4.17. The lowest BCUT2D eigenvalue weighted by atomic mass is 9.85. The maximum atomic E-state index is 12.6. The van der Waals surface area contributed by atoms with Gasteiger partial charge in [-0.3, -0.25) is 0 Å². The zero-order valence-corrected chi connectivity index (χ0v) is 10.9. The summed E-state index contributed by atoms with van der Waals surface area (Å²) in [5, 5.41) is 2.52. The van der Waals surface area contributed by atoms with Crippen LogP contribution in [-0.2, 0) is 4.74 Å². The van der Waals surface area contributed by atoms with Gasteiger partial charge in [-0.15, -0.1) is 0 Å². The number of alkyl halides is 3. The van der Waals surface area contributed by atoms with Crippen molar-refractivity contribution in [2.24, 2.45) is 5.92 Å². The van der Waals surface area contributed by atoms with E-state index in [-0.39, 0.29) is 12.8 Å². The van der Waals surface area contributed by atoms with Crippen LogP contribution in [0.25, 0.3) is 0 Å². The lowest BCUT2D eigenvalue weighted by molar-refractivity contribution is -0.183. The fourth-order valence-electron chi connectivity index (χ4n) is 2.09. The van der Waals surface area contributed by atoms with Gasteiger partial charge in [0.25, 0.3) is 0 Å². The second-order valence-corrected chi connectivity index (χ2v) is 5.75. The Labute approximate surface area is 105 Å². The van der Waals surface area contributed by atoms with Crippen LogP contribution in [0.3, 0.4) is 0 Å². The molecule has 1 saturated carbocycles. The van der Waals surface area contributed by atoms with Crippen molar-refractivity contribution in [1.29, 1.82) is 0 Å². The van der Waals surface area contributed by atoms with Crippen molar-refractivity contribution in [2.75, 3.05) is 0 Å². The number of nitrogens with one attached hydrogen (secondary N) is 1. The van der Waals surface area contributed by atoms with Gasteiger partial charge in [-0.25, -0.2) is 4.79 Å². The van der Waals surface area contributed by atoms with Crippen LogP contribution in [-0.4, -0.2) is 23.9 Å². The standard InChI is InChI=1S/C12H20F3NO2/c1-11(2,3)18-10(17)16-9-6-4-5-8(7-9)12(13,14)15/h8-9H,4-7H2,1-3H3,(H,16,17). The third-order valence-corrected chi connectivity index (χ3v) is 2.86. The van der Waals surface area contributed by atoms with Crippen LogP contribution in [0.5, 0.6) is 0 Å². The predicted molar refractivity (Wildman–Crippen MR) is 61.2 cm³/mol. The first kappa shape index (κ1) is 15.1. The Balaban J connectivity index is 2.46. The Hall–Kier alpha value is -0.940. The highest BCUT2D eigenvalue weighted by atomic mass is 19.4. The first-order valence-corrected chi connectivity index (χ1v) is 6.14. The smallest absolute Gasteiger partial charge is 0.407 e. The Morgan fingerprint density at radius 2 is 1.83 bits per heavy atom. The molecule has 0 aromatic rings. The molecule has 0 bridgehead atoms. The Morgan fingerprint density at radius 1 is 1.22 bits per heavy atom. The van der Waals surface area contributed by atoms with E-state index in [0.29, 0.717) is 12.8 Å². The van der Waals surface area contributed by atoms with Crippen LogP contribution in [0.1, 0.15) is 46.5 Å². The maximum absolute atomic E-state index is 12.6. The zero-order valence-electron chi connectivity index (χ0n) is 10.9. The van der Waals surface area contributed by atoms with Gasteiger partial charge in [-0.05, 0) is 40.0 Å². The number of carbonyl (C=O) groups excluding carboxylic acids is 1. The summed E-state index contributed by atoms with van der Waals surface area (Å²) in [4.78, 5) is 11.5. The maximum Gasteiger partial charge on any atom is 0.407 e. The average Bonchev–Trinajstić information content (AvgIpc) is 2.13. The molecule has 1 fully saturated rings. The van der Waals surface area contributed by atoms with E-state index in [0.717, 1.165) is 0 Å². The SMILES string of the molecule is CC(C)(C)OC(=O)NC1CCCC(C(F)(F)F)C1. The molecule has 3 nitrogen and oxygen atoms in total. The number of carbonyl (C=O) groups is 1. The number of amides is 1. The van der Waals surface area contributed by atoms with Crippen LogP contribution < -0.4 is 5.32 Å². The van der Waals surface area contributed by atoms with Gasteiger partial charge in [0.1, 0.15) is 5.60 Å². The van der Waals surface area contributed by atoms with Gasteiger partial charge in [-0.2, -0.15) is 13.2 Å². The number of alkyl carbamates (subject to hydrolysis) is 1. The third-order valence-electron chi connectivity index (χ3n) is 2.86. The number of halogens is 3. The second kappa shape index (κ2) is 5.36. The monoisotopic (exact) mass is 267 g/mol. The normalized spacial score (nSPS) is 25.7. The minimum Gasteiger partial charge on any atom is -0.444 e. The summed E-state index contributed by atoms with van der Waals surface area (Å²) in [6.07, 6.45) is -3.67. The Bertz CT molecular complexity index is 297. The van der Waals surface area contributed by atoms with Gasteiger partial charge in [0.2, 0.25) is 0 Å². The van der Waals surface area contributed by atoms with E-state index in [9.17, 15) is 18.0 Å². The fourth-order valence-corrected chi connectivity index (χ4v) is 2.09. The van der Waals surface area contributed by atoms with Crippen molar-refractivity contribution in [3.05, 3.63) is 0 Å². The van der Waals surface area contributed by atoms with Crippen molar-refractivity contribution in [3.8, 4) is 0 Å². The van der Waals surface area contributed by atoms with Gasteiger partial charge in [0.15, 0.2) is 0 Å². The predicted octanol–water partition coefficient (Wildman–Crippen LogP) is 3.63. The van der Waals surface area contributed by atoms with Gasteiger partial charge in [-0.1, -0.05) is 6.42 Å². The van der Waals surface area contributed by atoms with Crippen molar-refractivity contribution < 1.29 is 22.7 Å². The molecule has 0 saturated heterocycles. The molecule has 6 heteroatoms. The molecular formula is C12H20F3NO2. The van der Waals surface area contributed by atoms with Gasteiger partial charge in [0.05, 0.1) is 5.92 Å². The van der Waals surface area contributed by atoms with E-state index in [1.807, 2.05) is 0 Å². The van der Waals surface area contributed by atoms with Crippen LogP contribution in [0.15, 0.2) is 0 Å². The van der Waals surface area contributed by atoms with Crippen LogP contribution in [0.4, 0.5) is 18.0 Å². The Kier molecular flexibility index (Phi) is 4.50. The summed E-state index contributed by atoms with van der Waals surface area (Å²) in [6.45, 7) is 5.14. The highest BCUT2D eigenvalue weighted by molar-refractivity contribution is 5.68. The summed E-state index contributed by atoms with van der Waals surface area (Å²) < 4.78 is 42.8. The van der Waals surface area contributed by atoms with Crippen molar-refractivity contribution >= 4 is 6.09 Å². The summed E-state index contributed by atoms with van der Waals surface area (Å²) in [5.74, 6) is -1.31. The quantitative estimate of drug-likeness (QED) is 0.787. The average molecular weight is 267 g/mol. The molecule has 1 amide bonds. The number of ether oxygens (including phenoxy) is 1. The zero-order chi connectivity index (χ0) is 14.0. The van der Waals surface area contributed by atoms with Gasteiger partial charge >= 0.3 is 12.3 Å². The minimum absolute atomic E-state index is 0.0528. The molecular weight excluding hydrogens is 247 g/mol. The molecule has 0 aromatic carbocycles. The molecule has 0 heterocycles. The molecule has 2 atom stereocenters. The van der Waals surface area contributed by atoms with Gasteiger partial charge < -0.3 is 10.1 Å². The second-order valence-electron chi connectivity index (χ2n) is 5.75. The Morgan fingerprint density at radius 3 is 2.33 bits per heavy atom. The van der Waals surface area contributed by atoms with Crippen LogP contribution in [0, 0.1) is 5.92 Å². The number of hydrogen-bond acceptors (Lipinski definition) is 2. The summed E-state index contributed by atoms with van der Waals surface area (Å²) in [6, 6.07) is -0.444. The lowest BCUT2D eigenvalue weighted by Gasteiger charge is -2.31. The number of hydrogen-bond donors (Lipinski definition) is 1. The molecule has 106 valence electrons. The highest BCUT2D eigenvalue weighted by Crippen LogP contribution is 2.37. The van der Waals surface area contributed by atoms with E-state index in [1.54, 1.807) is 20.8 Å². The molecule has 0 aliphatic heterocycles. The topological polar surface area (TPSA) is 38.3 Å². The molecule has 2 unspecified atom stereocenters. The van der Waals surface area contributed by atoms with Gasteiger partial charge in [0, 0.05) is 6.04 Å². The third kappa shape index (κ3) is 5.14. The van der Waals surface area contributed by atoms with E-state index in [4.69, 9.17) is 4.74 Å². The van der Waals surface area contributed by atoms with E-state index in [2.05, 4.69) is 5.32 Å². The molecule has 1 aliphatic rings. The summed E-state index contributed by atoms with van der Waals surface area (Å²) in [5.41, 5.74) is -0.637. The molecule has 1 rings (SSSR count). The fraction of sp³-hybridized carbons (Fsp3) is 0.917. The lowest BCUT2D eigenvalue weighted by Crippen LogP contribution is -2.43. The largest absolute Gasteiger partial charge is 0.444 e. The molecule has 0 spiro atoms. The van der Waals surface area contributed by atoms with Crippen molar-refractivity contribution in [3.63, 3.8) is 0 Å². The molecule has 18 heavy (non-hydrogen) atoms. The van der Waals surface area contributed by atoms with E-state index in [1.165, 1.54) is 0 Å². The molecule has 0 radical (unpaired) electrons. The van der Waals surface area contributed by atoms with E-state index >= 15 is 0 Å². The van der Waals surface area contributed by atoms with Crippen molar-refractivity contribution in [1.82, 2.24) is 5.32 Å². The first-order valence-electron chi connectivity index (χ1n) is 6.14. The van der Waals surface area contributed by atoms with Crippen molar-refractivity contribution in [2.45, 2.75) is 64.3 Å². The first-order chi connectivity index (χ1) is 8.08. The highest BCUT2D eigenvalue weighted by Gasteiger charge is 2.42.